The summed E-state index contributed by atoms with van der Waals surface area (Å²) in [7, 11) is 0. The van der Waals surface area contributed by atoms with Crippen LogP contribution < -0.4 is 10.6 Å². The Morgan fingerprint density at radius 3 is 2.62 bits per heavy atom. The molecule has 0 unspecified atom stereocenters. The number of ketones is 1. The molecule has 8 heteroatoms. The Bertz CT molecular complexity index is 1390. The van der Waals surface area contributed by atoms with Crippen LogP contribution >= 0.6 is 0 Å². The predicted octanol–water partition coefficient (Wildman–Crippen LogP) is 4.40. The highest BCUT2D eigenvalue weighted by atomic mass is 19.1. The summed E-state index contributed by atoms with van der Waals surface area (Å²) < 4.78 is 14.0. The van der Waals surface area contributed by atoms with E-state index in [4.69, 9.17) is 0 Å². The maximum Gasteiger partial charge on any atom is 0.268 e. The van der Waals surface area contributed by atoms with Crippen LogP contribution in [0.5, 0.6) is 0 Å². The fraction of sp³-hybridized carbons (Fsp3) is 0.276. The molecule has 0 radical (unpaired) electrons. The molecule has 2 aliphatic rings. The van der Waals surface area contributed by atoms with Gasteiger partial charge < -0.3 is 20.5 Å². The molecule has 0 bridgehead atoms. The monoisotopic (exact) mass is 500 g/mol. The van der Waals surface area contributed by atoms with E-state index in [1.54, 1.807) is 31.2 Å². The first kappa shape index (κ1) is 24.6. The molecular weight excluding hydrogens is 471 g/mol. The Morgan fingerprint density at radius 1 is 1.11 bits per heavy atom. The molecular formula is C29H29FN4O3. The van der Waals surface area contributed by atoms with E-state index in [-0.39, 0.29) is 23.0 Å². The maximum absolute atomic E-state index is 14.0. The van der Waals surface area contributed by atoms with Gasteiger partial charge in [-0.2, -0.15) is 0 Å². The molecule has 7 nitrogen and oxygen atoms in total. The first-order valence-electron chi connectivity index (χ1n) is 12.6. The third-order valence-electron chi connectivity index (χ3n) is 6.96. The third-order valence-corrected chi connectivity index (χ3v) is 6.96. The van der Waals surface area contributed by atoms with Crippen molar-refractivity contribution in [1.82, 2.24) is 15.2 Å². The molecule has 0 atom stereocenters. The van der Waals surface area contributed by atoms with Crippen molar-refractivity contribution in [2.24, 2.45) is 0 Å². The van der Waals surface area contributed by atoms with Crippen molar-refractivity contribution >= 4 is 34.9 Å². The van der Waals surface area contributed by atoms with E-state index in [2.05, 4.69) is 20.5 Å². The number of H-pyrrole nitrogens is 1. The molecule has 0 aliphatic carbocycles. The standard InChI is InChI=1S/C29H29FN4O3/c1-18-25(27(35)19-8-3-2-4-9-19)24(17-22-21-16-20(30)10-11-23(21)33-28(22)36)32-26(18)29(37)31-12-7-15-34-13-5-6-14-34/h2-4,8-11,16-17,32H,5-7,12-15H2,1H3,(H,31,37)(H,33,36). The van der Waals surface area contributed by atoms with Gasteiger partial charge in [-0.15, -0.1) is 0 Å². The molecule has 0 saturated carbocycles. The second-order valence-corrected chi connectivity index (χ2v) is 9.47. The summed E-state index contributed by atoms with van der Waals surface area (Å²) in [6.07, 6.45) is 4.80. The fourth-order valence-electron chi connectivity index (χ4n) is 5.03. The second-order valence-electron chi connectivity index (χ2n) is 9.47. The number of halogens is 1. The van der Waals surface area contributed by atoms with Gasteiger partial charge in [-0.1, -0.05) is 30.3 Å². The Morgan fingerprint density at radius 2 is 1.86 bits per heavy atom. The lowest BCUT2D eigenvalue weighted by molar-refractivity contribution is -0.110. The maximum atomic E-state index is 14.0. The molecule has 3 aromatic rings. The lowest BCUT2D eigenvalue weighted by Crippen LogP contribution is -2.29. The lowest BCUT2D eigenvalue weighted by Gasteiger charge is -2.14. The minimum atomic E-state index is -0.474. The molecule has 2 amide bonds. The number of nitrogens with zero attached hydrogens (tertiary/aromatic N) is 1. The smallest absolute Gasteiger partial charge is 0.268 e. The van der Waals surface area contributed by atoms with E-state index in [0.29, 0.717) is 40.2 Å². The number of hydrogen-bond acceptors (Lipinski definition) is 4. The number of carbonyl (C=O) groups excluding carboxylic acids is 3. The minimum Gasteiger partial charge on any atom is -0.351 e. The van der Waals surface area contributed by atoms with Crippen LogP contribution in [0.1, 0.15) is 62.5 Å². The van der Waals surface area contributed by atoms with Crippen LogP contribution in [0.3, 0.4) is 0 Å². The van der Waals surface area contributed by atoms with Gasteiger partial charge in [0.05, 0.1) is 16.8 Å². The van der Waals surface area contributed by atoms with Crippen LogP contribution in [0.4, 0.5) is 10.1 Å². The normalized spacial score (nSPS) is 16.2. The Balaban J connectivity index is 1.47. The van der Waals surface area contributed by atoms with Crippen LogP contribution in [0, 0.1) is 12.7 Å². The van der Waals surface area contributed by atoms with Gasteiger partial charge in [0.2, 0.25) is 0 Å². The van der Waals surface area contributed by atoms with E-state index in [1.807, 2.05) is 6.07 Å². The van der Waals surface area contributed by atoms with Crippen LogP contribution in [0.15, 0.2) is 48.5 Å². The van der Waals surface area contributed by atoms with Crippen molar-refractivity contribution in [2.75, 3.05) is 31.5 Å². The van der Waals surface area contributed by atoms with E-state index in [0.717, 1.165) is 26.1 Å². The minimum absolute atomic E-state index is 0.218. The topological polar surface area (TPSA) is 94.3 Å². The van der Waals surface area contributed by atoms with Crippen LogP contribution in [-0.4, -0.2) is 53.7 Å². The first-order chi connectivity index (χ1) is 17.9. The highest BCUT2D eigenvalue weighted by molar-refractivity contribution is 6.35. The van der Waals surface area contributed by atoms with E-state index in [9.17, 15) is 18.8 Å². The molecule has 1 aromatic heterocycles. The van der Waals surface area contributed by atoms with Crippen LogP contribution in [0.25, 0.3) is 11.6 Å². The number of aromatic amines is 1. The van der Waals surface area contributed by atoms with Crippen molar-refractivity contribution in [3.8, 4) is 0 Å². The van der Waals surface area contributed by atoms with Gasteiger partial charge in [-0.05, 0) is 75.7 Å². The number of benzene rings is 2. The van der Waals surface area contributed by atoms with Crippen molar-refractivity contribution in [3.05, 3.63) is 88.0 Å². The zero-order valence-electron chi connectivity index (χ0n) is 20.7. The number of aromatic nitrogens is 1. The molecule has 2 aliphatic heterocycles. The highest BCUT2D eigenvalue weighted by Crippen LogP contribution is 2.35. The molecule has 5 rings (SSSR count). The number of nitrogens with one attached hydrogen (secondary N) is 3. The van der Waals surface area contributed by atoms with Crippen LogP contribution in [-0.2, 0) is 4.79 Å². The van der Waals surface area contributed by atoms with Crippen LogP contribution in [0.2, 0.25) is 0 Å². The molecule has 37 heavy (non-hydrogen) atoms. The van der Waals surface area contributed by atoms with Gasteiger partial charge in [0.15, 0.2) is 5.78 Å². The third kappa shape index (κ3) is 5.11. The van der Waals surface area contributed by atoms with Crippen molar-refractivity contribution in [1.29, 1.82) is 0 Å². The number of carbonyl (C=O) groups is 3. The molecule has 2 aromatic carbocycles. The summed E-state index contributed by atoms with van der Waals surface area (Å²) in [5, 5.41) is 5.67. The molecule has 1 fully saturated rings. The molecule has 0 spiro atoms. The van der Waals surface area contributed by atoms with Gasteiger partial charge in [-0.25, -0.2) is 4.39 Å². The zero-order valence-corrected chi connectivity index (χ0v) is 20.7. The quantitative estimate of drug-likeness (QED) is 0.243. The molecule has 3 N–H and O–H groups in total. The molecule has 1 saturated heterocycles. The first-order valence-corrected chi connectivity index (χ1v) is 12.6. The number of rotatable bonds is 8. The van der Waals surface area contributed by atoms with Gasteiger partial charge >= 0.3 is 0 Å². The van der Waals surface area contributed by atoms with Gasteiger partial charge in [0.25, 0.3) is 11.8 Å². The Labute approximate surface area is 214 Å². The van der Waals surface area contributed by atoms with Crippen molar-refractivity contribution < 1.29 is 18.8 Å². The molecule has 190 valence electrons. The number of amides is 2. The predicted molar refractivity (Wildman–Crippen MR) is 141 cm³/mol. The Kier molecular flexibility index (Phi) is 7.01. The van der Waals surface area contributed by atoms with E-state index < -0.39 is 11.7 Å². The summed E-state index contributed by atoms with van der Waals surface area (Å²) in [5.74, 6) is -1.46. The number of anilines is 1. The molecule has 3 heterocycles. The summed E-state index contributed by atoms with van der Waals surface area (Å²) in [5.41, 5.74) is 2.98. The average molecular weight is 501 g/mol. The largest absolute Gasteiger partial charge is 0.351 e. The number of hydrogen-bond donors (Lipinski definition) is 3. The highest BCUT2D eigenvalue weighted by Gasteiger charge is 2.28. The number of fused-ring (bicyclic) bond motifs is 1. The second kappa shape index (κ2) is 10.5. The van der Waals surface area contributed by atoms with Crippen molar-refractivity contribution in [3.63, 3.8) is 0 Å². The van der Waals surface area contributed by atoms with Gasteiger partial charge in [-0.3, -0.25) is 14.4 Å². The van der Waals surface area contributed by atoms with Gasteiger partial charge in [0.1, 0.15) is 11.5 Å². The number of likely N-dealkylation sites (tertiary alicyclic amines) is 1. The summed E-state index contributed by atoms with van der Waals surface area (Å²) in [6, 6.07) is 12.8. The average Bonchev–Trinajstić information content (AvgIpc) is 3.61. The van der Waals surface area contributed by atoms with E-state index in [1.165, 1.54) is 37.1 Å². The van der Waals surface area contributed by atoms with Gasteiger partial charge in [0, 0.05) is 23.4 Å². The summed E-state index contributed by atoms with van der Waals surface area (Å²) in [4.78, 5) is 44.8. The van der Waals surface area contributed by atoms with Crippen molar-refractivity contribution in [2.45, 2.75) is 26.2 Å². The lowest BCUT2D eigenvalue weighted by atomic mass is 9.97. The van der Waals surface area contributed by atoms with E-state index >= 15 is 0 Å². The zero-order chi connectivity index (χ0) is 25.9. The SMILES string of the molecule is Cc1c(C(=O)NCCCN2CCCC2)[nH]c(C=C2C(=O)Nc3ccc(F)cc32)c1C(=O)c1ccccc1. The fourth-order valence-corrected chi connectivity index (χ4v) is 5.03. The summed E-state index contributed by atoms with van der Waals surface area (Å²) >= 11 is 0. The Hall–Kier alpha value is -4.04. The summed E-state index contributed by atoms with van der Waals surface area (Å²) in [6.45, 7) is 5.38.